The van der Waals surface area contributed by atoms with Gasteiger partial charge in [0.15, 0.2) is 0 Å². The number of fused-ring (bicyclic) bond motifs is 5. The molecule has 0 unspecified atom stereocenters. The zero-order valence-electron chi connectivity index (χ0n) is 28.2. The van der Waals surface area contributed by atoms with Crippen molar-refractivity contribution in [2.24, 2.45) is 26.8 Å². The molecular formula is C40H40N4O4. The molecule has 244 valence electrons. The molecule has 5 aliphatic heterocycles. The van der Waals surface area contributed by atoms with Crippen LogP contribution < -0.4 is 5.32 Å². The molecule has 1 aromatic carbocycles. The Kier molecular flexibility index (Phi) is 8.00. The molecule has 1 aliphatic carbocycles. The van der Waals surface area contributed by atoms with Gasteiger partial charge in [0.1, 0.15) is 5.76 Å². The summed E-state index contributed by atoms with van der Waals surface area (Å²) in [7, 11) is 1.41. The first kappa shape index (κ1) is 31.5. The van der Waals surface area contributed by atoms with Gasteiger partial charge >= 0.3 is 5.97 Å². The van der Waals surface area contributed by atoms with Crippen molar-refractivity contribution in [2.75, 3.05) is 7.11 Å². The SMILES string of the molecule is COC(=O)CC[C@@H]1C2=C3CC(O)=C4C3=NC(=C4C)C=C3N=C(C=C4N=C(C=C(N2)[C@H]1C)C(C)=C4[C@H](C)O)C(C)=C3/C=C\c1ccccc1. The van der Waals surface area contributed by atoms with Crippen molar-refractivity contribution in [1.82, 2.24) is 5.32 Å². The molecule has 1 saturated heterocycles. The highest BCUT2D eigenvalue weighted by atomic mass is 16.5. The number of nitrogens with one attached hydrogen (secondary N) is 1. The molecule has 1 fully saturated rings. The van der Waals surface area contributed by atoms with E-state index in [1.165, 1.54) is 7.11 Å². The topological polar surface area (TPSA) is 116 Å². The molecule has 0 spiro atoms. The highest BCUT2D eigenvalue weighted by Gasteiger charge is 2.41. The highest BCUT2D eigenvalue weighted by Crippen LogP contribution is 2.46. The summed E-state index contributed by atoms with van der Waals surface area (Å²) >= 11 is 0. The van der Waals surface area contributed by atoms with Crippen LogP contribution in [0.3, 0.4) is 0 Å². The summed E-state index contributed by atoms with van der Waals surface area (Å²) in [6, 6.07) is 10.1. The first-order valence-corrected chi connectivity index (χ1v) is 16.5. The van der Waals surface area contributed by atoms with Gasteiger partial charge in [-0.2, -0.15) is 0 Å². The number of hydrogen-bond acceptors (Lipinski definition) is 8. The average Bonchev–Trinajstić information content (AvgIpc) is 3.82. The summed E-state index contributed by atoms with van der Waals surface area (Å²) in [5.41, 5.74) is 13.7. The van der Waals surface area contributed by atoms with E-state index in [-0.39, 0.29) is 24.2 Å². The molecule has 8 nitrogen and oxygen atoms in total. The van der Waals surface area contributed by atoms with Crippen molar-refractivity contribution in [3.8, 4) is 0 Å². The monoisotopic (exact) mass is 640 g/mol. The van der Waals surface area contributed by atoms with Crippen LogP contribution >= 0.6 is 0 Å². The van der Waals surface area contributed by atoms with Crippen molar-refractivity contribution in [1.29, 1.82) is 0 Å². The molecule has 1 aromatic rings. The third-order valence-electron chi connectivity index (χ3n) is 10.2. The second kappa shape index (κ2) is 12.2. The Morgan fingerprint density at radius 2 is 1.73 bits per heavy atom. The number of allylic oxidation sites excluding steroid dienone is 11. The molecule has 0 aromatic heterocycles. The summed E-state index contributed by atoms with van der Waals surface area (Å²) in [5, 5.41) is 26.0. The molecule has 0 amide bonds. The number of nitrogens with zero attached hydrogens (tertiary/aromatic N) is 3. The quantitative estimate of drug-likeness (QED) is 0.283. The van der Waals surface area contributed by atoms with Gasteiger partial charge in [-0.3, -0.25) is 4.79 Å². The van der Waals surface area contributed by atoms with Crippen LogP contribution in [0.5, 0.6) is 0 Å². The van der Waals surface area contributed by atoms with Crippen LogP contribution in [0.2, 0.25) is 0 Å². The fourth-order valence-corrected chi connectivity index (χ4v) is 7.50. The Hall–Kier alpha value is -5.08. The second-order valence-corrected chi connectivity index (χ2v) is 13.1. The number of hydrogen-bond donors (Lipinski definition) is 3. The zero-order chi connectivity index (χ0) is 33.9. The summed E-state index contributed by atoms with van der Waals surface area (Å²) < 4.78 is 4.99. The molecule has 3 atom stereocenters. The summed E-state index contributed by atoms with van der Waals surface area (Å²) in [6.45, 7) is 9.96. The van der Waals surface area contributed by atoms with E-state index in [0.717, 1.165) is 84.5 Å². The largest absolute Gasteiger partial charge is 0.511 e. The van der Waals surface area contributed by atoms with Crippen LogP contribution in [-0.4, -0.2) is 46.5 Å². The van der Waals surface area contributed by atoms with E-state index in [2.05, 4.69) is 49.5 Å². The van der Waals surface area contributed by atoms with Crippen molar-refractivity contribution in [3.05, 3.63) is 133 Å². The number of ether oxygens (including phenoxy) is 1. The normalized spacial score (nSPS) is 23.9. The van der Waals surface area contributed by atoms with Gasteiger partial charge in [-0.1, -0.05) is 49.4 Å². The van der Waals surface area contributed by atoms with Crippen molar-refractivity contribution >= 4 is 29.2 Å². The lowest BCUT2D eigenvalue weighted by Crippen LogP contribution is -2.16. The Morgan fingerprint density at radius 3 is 2.46 bits per heavy atom. The van der Waals surface area contributed by atoms with Gasteiger partial charge in [0.25, 0.3) is 0 Å². The molecule has 7 rings (SSSR count). The number of carbonyl (C=O) groups excluding carboxylic acids is 1. The van der Waals surface area contributed by atoms with Gasteiger partial charge in [-0.25, -0.2) is 15.0 Å². The van der Waals surface area contributed by atoms with Crippen LogP contribution in [-0.2, 0) is 9.53 Å². The van der Waals surface area contributed by atoms with Crippen LogP contribution in [0.1, 0.15) is 59.4 Å². The van der Waals surface area contributed by atoms with Crippen LogP contribution in [0.15, 0.2) is 143 Å². The summed E-state index contributed by atoms with van der Waals surface area (Å²) in [5.74, 6) is 0.0337. The Labute approximate surface area is 281 Å². The fraction of sp³-hybridized carbons (Fsp3) is 0.300. The number of esters is 1. The molecule has 3 N–H and O–H groups in total. The Bertz CT molecular complexity index is 2040. The number of carbonyl (C=O) groups is 1. The zero-order valence-corrected chi connectivity index (χ0v) is 28.2. The molecule has 48 heavy (non-hydrogen) atoms. The molecule has 6 aliphatic rings. The molecule has 8 bridgehead atoms. The summed E-state index contributed by atoms with van der Waals surface area (Å²) in [4.78, 5) is 27.6. The second-order valence-electron chi connectivity index (χ2n) is 13.1. The third kappa shape index (κ3) is 5.30. The summed E-state index contributed by atoms with van der Waals surface area (Å²) in [6.07, 6.45) is 10.7. The van der Waals surface area contributed by atoms with E-state index in [1.54, 1.807) is 6.92 Å². The Balaban J connectivity index is 1.45. The Morgan fingerprint density at radius 1 is 1.00 bits per heavy atom. The van der Waals surface area contributed by atoms with Gasteiger partial charge in [-0.15, -0.1) is 0 Å². The van der Waals surface area contributed by atoms with Gasteiger partial charge in [0.05, 0.1) is 47.4 Å². The van der Waals surface area contributed by atoms with Gasteiger partial charge in [0, 0.05) is 58.4 Å². The lowest BCUT2D eigenvalue weighted by molar-refractivity contribution is -0.140. The van der Waals surface area contributed by atoms with E-state index in [9.17, 15) is 15.0 Å². The first-order valence-electron chi connectivity index (χ1n) is 16.5. The maximum absolute atomic E-state index is 12.3. The first-order chi connectivity index (χ1) is 23.0. The van der Waals surface area contributed by atoms with Crippen molar-refractivity contribution < 1.29 is 19.7 Å². The third-order valence-corrected chi connectivity index (χ3v) is 10.2. The highest BCUT2D eigenvalue weighted by molar-refractivity contribution is 6.21. The smallest absolute Gasteiger partial charge is 0.305 e. The molecular weight excluding hydrogens is 600 g/mol. The minimum Gasteiger partial charge on any atom is -0.511 e. The van der Waals surface area contributed by atoms with Crippen LogP contribution in [0.25, 0.3) is 6.08 Å². The predicted octanol–water partition coefficient (Wildman–Crippen LogP) is 7.30. The molecule has 5 heterocycles. The minimum atomic E-state index is -0.735. The fourth-order valence-electron chi connectivity index (χ4n) is 7.50. The number of benzene rings is 1. The van der Waals surface area contributed by atoms with Gasteiger partial charge in [-0.05, 0) is 74.6 Å². The van der Waals surface area contributed by atoms with E-state index < -0.39 is 6.10 Å². The average molecular weight is 641 g/mol. The lowest BCUT2D eigenvalue weighted by atomic mass is 9.86. The number of aliphatic hydroxyl groups is 2. The van der Waals surface area contributed by atoms with E-state index in [1.807, 2.05) is 44.2 Å². The van der Waals surface area contributed by atoms with Crippen molar-refractivity contribution in [2.45, 2.75) is 60.0 Å². The van der Waals surface area contributed by atoms with E-state index in [4.69, 9.17) is 19.7 Å². The molecule has 0 saturated carbocycles. The van der Waals surface area contributed by atoms with Crippen molar-refractivity contribution in [3.63, 3.8) is 0 Å². The van der Waals surface area contributed by atoms with Gasteiger partial charge in [0.2, 0.25) is 0 Å². The lowest BCUT2D eigenvalue weighted by Gasteiger charge is -2.17. The molecule has 8 heteroatoms. The van der Waals surface area contributed by atoms with E-state index in [0.29, 0.717) is 24.3 Å². The maximum atomic E-state index is 12.3. The number of methoxy groups -OCH3 is 1. The minimum absolute atomic E-state index is 0.0275. The van der Waals surface area contributed by atoms with Gasteiger partial charge < -0.3 is 20.3 Å². The molecule has 0 radical (unpaired) electrons. The maximum Gasteiger partial charge on any atom is 0.305 e. The van der Waals surface area contributed by atoms with E-state index >= 15 is 0 Å². The number of aliphatic imine (C=N–C) groups is 3. The number of aliphatic hydroxyl groups excluding tert-OH is 2. The standard InChI is InChI=1S/C40H40N4O4/c1-20-26(13-12-25-10-8-7-9-11-25)33-18-32-23(4)38-35(46)16-28(40(38)44-32)39-27(14-15-36(47)48-6)21(2)30(43-39)17-31-22(3)37(24(5)45)34(42-31)19-29(20)41-33/h7-13,17-19,21,24,27,43,45-46H,14-16H2,1-6H3/b13-12-,30-17?,33-18?,34-19?,39-28?/t21-,24-,27-/m0/s1. The van der Waals surface area contributed by atoms with Crippen LogP contribution in [0, 0.1) is 11.8 Å². The van der Waals surface area contributed by atoms with Crippen LogP contribution in [0.4, 0.5) is 0 Å². The number of rotatable bonds is 6. The predicted molar refractivity (Wildman–Crippen MR) is 190 cm³/mol.